The number of sulfonamides is 1. The molecule has 0 spiro atoms. The Kier molecular flexibility index (Phi) is 6.74. The van der Waals surface area contributed by atoms with Crippen LogP contribution in [-0.2, 0) is 21.4 Å². The van der Waals surface area contributed by atoms with Gasteiger partial charge in [0, 0.05) is 5.56 Å². The molecule has 0 aliphatic carbocycles. The van der Waals surface area contributed by atoms with Crippen molar-refractivity contribution in [3.05, 3.63) is 65.5 Å². The Morgan fingerprint density at radius 3 is 2.35 bits per heavy atom. The number of nitrogens with zero attached hydrogens (tertiary/aromatic N) is 3. The van der Waals surface area contributed by atoms with Crippen LogP contribution >= 0.6 is 0 Å². The predicted molar refractivity (Wildman–Crippen MR) is 119 cm³/mol. The third-order valence-electron chi connectivity index (χ3n) is 4.70. The molecule has 0 aliphatic heterocycles. The van der Waals surface area contributed by atoms with Crippen LogP contribution in [0.5, 0.6) is 0 Å². The number of nitrogens with one attached hydrogen (secondary N) is 1. The van der Waals surface area contributed by atoms with Gasteiger partial charge in [-0.25, -0.2) is 8.42 Å². The van der Waals surface area contributed by atoms with E-state index in [1.54, 1.807) is 19.1 Å². The summed E-state index contributed by atoms with van der Waals surface area (Å²) in [6.45, 7) is 5.54. The molecule has 1 unspecified atom stereocenters. The van der Waals surface area contributed by atoms with E-state index < -0.39 is 22.0 Å². The number of rotatable bonds is 8. The summed E-state index contributed by atoms with van der Waals surface area (Å²) in [4.78, 5) is 17.2. The van der Waals surface area contributed by atoms with Crippen LogP contribution in [-0.4, -0.2) is 36.8 Å². The standard InChI is InChI=1S/C22H26N4O4S/c1-5-19(26(31(4,28)29)18-12-15(2)11-16(3)13-18)22(27)23-14-20-24-21(25-30-20)17-9-7-6-8-10-17/h6-13,19H,5,14H2,1-4H3,(H,23,27). The Balaban J connectivity index is 1.79. The molecule has 1 atom stereocenters. The summed E-state index contributed by atoms with van der Waals surface area (Å²) < 4.78 is 31.6. The zero-order chi connectivity index (χ0) is 22.6. The predicted octanol–water partition coefficient (Wildman–Crippen LogP) is 3.21. The number of hydrogen-bond acceptors (Lipinski definition) is 6. The first-order valence-corrected chi connectivity index (χ1v) is 11.8. The Bertz CT molecular complexity index is 1140. The molecule has 0 saturated carbocycles. The summed E-state index contributed by atoms with van der Waals surface area (Å²) in [7, 11) is -3.70. The van der Waals surface area contributed by atoms with Gasteiger partial charge in [-0.15, -0.1) is 0 Å². The van der Waals surface area contributed by atoms with Gasteiger partial charge in [-0.3, -0.25) is 9.10 Å². The van der Waals surface area contributed by atoms with Crippen molar-refractivity contribution in [2.24, 2.45) is 0 Å². The second-order valence-electron chi connectivity index (χ2n) is 7.42. The highest BCUT2D eigenvalue weighted by molar-refractivity contribution is 7.92. The highest BCUT2D eigenvalue weighted by Crippen LogP contribution is 2.25. The van der Waals surface area contributed by atoms with Gasteiger partial charge in [0.15, 0.2) is 0 Å². The lowest BCUT2D eigenvalue weighted by Gasteiger charge is -2.30. The van der Waals surface area contributed by atoms with Crippen LogP contribution in [0.4, 0.5) is 5.69 Å². The van der Waals surface area contributed by atoms with Crippen molar-refractivity contribution < 1.29 is 17.7 Å². The molecule has 2 aromatic carbocycles. The number of aryl methyl sites for hydroxylation is 2. The van der Waals surface area contributed by atoms with Gasteiger partial charge < -0.3 is 9.84 Å². The number of aromatic nitrogens is 2. The SMILES string of the molecule is CCC(C(=O)NCc1nc(-c2ccccc2)no1)N(c1cc(C)cc(C)c1)S(C)(=O)=O. The highest BCUT2D eigenvalue weighted by Gasteiger charge is 2.31. The van der Waals surface area contributed by atoms with Crippen molar-refractivity contribution >= 4 is 21.6 Å². The first-order valence-electron chi connectivity index (χ1n) is 9.92. The van der Waals surface area contributed by atoms with E-state index in [0.29, 0.717) is 17.9 Å². The fourth-order valence-electron chi connectivity index (χ4n) is 3.45. The van der Waals surface area contributed by atoms with Crippen LogP contribution in [0, 0.1) is 13.8 Å². The van der Waals surface area contributed by atoms with E-state index in [1.165, 1.54) is 4.31 Å². The van der Waals surface area contributed by atoms with Crippen LogP contribution in [0.15, 0.2) is 53.1 Å². The molecular weight excluding hydrogens is 416 g/mol. The highest BCUT2D eigenvalue weighted by atomic mass is 32.2. The van der Waals surface area contributed by atoms with Gasteiger partial charge >= 0.3 is 0 Å². The van der Waals surface area contributed by atoms with Gasteiger partial charge in [0.05, 0.1) is 18.5 Å². The number of benzene rings is 2. The average Bonchev–Trinajstić information content (AvgIpc) is 3.18. The minimum absolute atomic E-state index is 0.000383. The largest absolute Gasteiger partial charge is 0.345 e. The lowest BCUT2D eigenvalue weighted by atomic mass is 10.1. The second-order valence-corrected chi connectivity index (χ2v) is 9.28. The van der Waals surface area contributed by atoms with Gasteiger partial charge in [0.2, 0.25) is 27.6 Å². The second kappa shape index (κ2) is 9.30. The maximum absolute atomic E-state index is 12.9. The van der Waals surface area contributed by atoms with Crippen molar-refractivity contribution in [2.75, 3.05) is 10.6 Å². The normalized spacial score (nSPS) is 12.4. The molecule has 0 aliphatic rings. The lowest BCUT2D eigenvalue weighted by molar-refractivity contribution is -0.122. The Labute approximate surface area is 182 Å². The van der Waals surface area contributed by atoms with E-state index >= 15 is 0 Å². The summed E-state index contributed by atoms with van der Waals surface area (Å²) in [5.41, 5.74) is 3.09. The summed E-state index contributed by atoms with van der Waals surface area (Å²) >= 11 is 0. The van der Waals surface area contributed by atoms with E-state index in [-0.39, 0.29) is 12.4 Å². The topological polar surface area (TPSA) is 105 Å². The molecular formula is C22H26N4O4S. The van der Waals surface area contributed by atoms with Crippen LogP contribution in [0.1, 0.15) is 30.4 Å². The number of anilines is 1. The van der Waals surface area contributed by atoms with Crippen molar-refractivity contribution in [1.29, 1.82) is 0 Å². The number of carbonyl (C=O) groups is 1. The molecule has 0 bridgehead atoms. The fraction of sp³-hybridized carbons (Fsp3) is 0.318. The Morgan fingerprint density at radius 1 is 1.13 bits per heavy atom. The van der Waals surface area contributed by atoms with Gasteiger partial charge in [-0.1, -0.05) is 48.5 Å². The molecule has 8 nitrogen and oxygen atoms in total. The van der Waals surface area contributed by atoms with Gasteiger partial charge in [-0.05, 0) is 43.5 Å². The van der Waals surface area contributed by atoms with Crippen molar-refractivity contribution in [3.63, 3.8) is 0 Å². The van der Waals surface area contributed by atoms with Crippen LogP contribution in [0.3, 0.4) is 0 Å². The molecule has 1 heterocycles. The number of carbonyl (C=O) groups excluding carboxylic acids is 1. The van der Waals surface area contributed by atoms with E-state index in [0.717, 1.165) is 22.9 Å². The maximum Gasteiger partial charge on any atom is 0.246 e. The quantitative estimate of drug-likeness (QED) is 0.574. The molecule has 3 rings (SSSR count). The molecule has 0 saturated heterocycles. The molecule has 9 heteroatoms. The molecule has 31 heavy (non-hydrogen) atoms. The average molecular weight is 443 g/mol. The smallest absolute Gasteiger partial charge is 0.246 e. The molecule has 164 valence electrons. The van der Waals surface area contributed by atoms with Gasteiger partial charge in [0.1, 0.15) is 6.04 Å². The number of amides is 1. The Morgan fingerprint density at radius 2 is 1.77 bits per heavy atom. The van der Waals surface area contributed by atoms with E-state index in [1.807, 2.05) is 50.2 Å². The summed E-state index contributed by atoms with van der Waals surface area (Å²) in [5.74, 6) is 0.218. The van der Waals surface area contributed by atoms with E-state index in [9.17, 15) is 13.2 Å². The first-order chi connectivity index (χ1) is 14.7. The molecule has 3 aromatic rings. The van der Waals surface area contributed by atoms with Crippen LogP contribution in [0.2, 0.25) is 0 Å². The minimum atomic E-state index is -3.70. The van der Waals surface area contributed by atoms with Crippen LogP contribution < -0.4 is 9.62 Å². The third kappa shape index (κ3) is 5.49. The summed E-state index contributed by atoms with van der Waals surface area (Å²) in [5, 5.41) is 6.65. The van der Waals surface area contributed by atoms with E-state index in [2.05, 4.69) is 15.5 Å². The molecule has 0 fully saturated rings. The maximum atomic E-state index is 12.9. The lowest BCUT2D eigenvalue weighted by Crippen LogP contribution is -2.49. The third-order valence-corrected chi connectivity index (χ3v) is 5.88. The summed E-state index contributed by atoms with van der Waals surface area (Å²) in [6.07, 6.45) is 1.40. The zero-order valence-corrected chi connectivity index (χ0v) is 18.8. The fourth-order valence-corrected chi connectivity index (χ4v) is 4.65. The van der Waals surface area contributed by atoms with Crippen molar-refractivity contribution in [3.8, 4) is 11.4 Å². The van der Waals surface area contributed by atoms with Gasteiger partial charge in [-0.2, -0.15) is 4.98 Å². The first kappa shape index (κ1) is 22.5. The van der Waals surface area contributed by atoms with Gasteiger partial charge in [0.25, 0.3) is 0 Å². The monoisotopic (exact) mass is 442 g/mol. The summed E-state index contributed by atoms with van der Waals surface area (Å²) in [6, 6.07) is 13.9. The number of hydrogen-bond donors (Lipinski definition) is 1. The zero-order valence-electron chi connectivity index (χ0n) is 18.0. The van der Waals surface area contributed by atoms with E-state index in [4.69, 9.17) is 4.52 Å². The minimum Gasteiger partial charge on any atom is -0.345 e. The molecule has 1 N–H and O–H groups in total. The molecule has 1 aromatic heterocycles. The Hall–Kier alpha value is -3.20. The molecule has 1 amide bonds. The van der Waals surface area contributed by atoms with Crippen molar-refractivity contribution in [2.45, 2.75) is 39.8 Å². The molecule has 0 radical (unpaired) electrons. The van der Waals surface area contributed by atoms with Crippen molar-refractivity contribution in [1.82, 2.24) is 15.5 Å². The van der Waals surface area contributed by atoms with Crippen LogP contribution in [0.25, 0.3) is 11.4 Å².